The summed E-state index contributed by atoms with van der Waals surface area (Å²) >= 11 is 0. The molecule has 0 aromatic heterocycles. The van der Waals surface area contributed by atoms with E-state index in [1.807, 2.05) is 0 Å². The van der Waals surface area contributed by atoms with Crippen LogP contribution in [0.4, 0.5) is 0 Å². The van der Waals surface area contributed by atoms with Gasteiger partial charge in [0.2, 0.25) is 0 Å². The monoisotopic (exact) mass is 253 g/mol. The quantitative estimate of drug-likeness (QED) is 0.737. The first-order chi connectivity index (χ1) is 8.28. The molecule has 108 valence electrons. The normalized spacial score (nSPS) is 29.8. The molecule has 18 heavy (non-hydrogen) atoms. The zero-order chi connectivity index (χ0) is 13.8. The predicted octanol–water partition coefficient (Wildman–Crippen LogP) is 4.86. The summed E-state index contributed by atoms with van der Waals surface area (Å²) in [5, 5.41) is 3.72. The molecule has 1 fully saturated rings. The molecule has 0 aromatic rings. The number of hydrogen-bond acceptors (Lipinski definition) is 1. The average molecular weight is 253 g/mol. The van der Waals surface area contributed by atoms with E-state index < -0.39 is 0 Å². The van der Waals surface area contributed by atoms with Crippen LogP contribution in [0.5, 0.6) is 0 Å². The summed E-state index contributed by atoms with van der Waals surface area (Å²) in [5.41, 5.74) is 0.270. The molecule has 0 radical (unpaired) electrons. The van der Waals surface area contributed by atoms with Gasteiger partial charge in [0.1, 0.15) is 0 Å². The minimum Gasteiger partial charge on any atom is -0.312 e. The third kappa shape index (κ3) is 6.22. The zero-order valence-electron chi connectivity index (χ0n) is 13.6. The Balaban J connectivity index is 2.45. The topological polar surface area (TPSA) is 12.0 Å². The van der Waals surface area contributed by atoms with Gasteiger partial charge in [-0.2, -0.15) is 0 Å². The maximum Gasteiger partial charge on any atom is 0.00966 e. The van der Waals surface area contributed by atoms with Gasteiger partial charge in [-0.05, 0) is 70.3 Å². The van der Waals surface area contributed by atoms with Gasteiger partial charge in [0.15, 0.2) is 0 Å². The molecule has 0 bridgehead atoms. The lowest BCUT2D eigenvalue weighted by atomic mass is 9.72. The van der Waals surface area contributed by atoms with Crippen molar-refractivity contribution in [2.24, 2.45) is 23.7 Å². The molecule has 1 aliphatic carbocycles. The molecule has 0 amide bonds. The Morgan fingerprint density at radius 3 is 2.33 bits per heavy atom. The van der Waals surface area contributed by atoms with E-state index in [1.54, 1.807) is 0 Å². The van der Waals surface area contributed by atoms with Crippen LogP contribution in [0.2, 0.25) is 0 Å². The van der Waals surface area contributed by atoms with Crippen molar-refractivity contribution in [1.82, 2.24) is 5.32 Å². The van der Waals surface area contributed by atoms with Gasteiger partial charge >= 0.3 is 0 Å². The van der Waals surface area contributed by atoms with E-state index in [4.69, 9.17) is 0 Å². The van der Waals surface area contributed by atoms with Gasteiger partial charge in [0, 0.05) is 5.54 Å². The van der Waals surface area contributed by atoms with Gasteiger partial charge in [-0.15, -0.1) is 0 Å². The smallest absolute Gasteiger partial charge is 0.00966 e. The molecule has 3 atom stereocenters. The van der Waals surface area contributed by atoms with Crippen molar-refractivity contribution >= 4 is 0 Å². The fourth-order valence-electron chi connectivity index (χ4n) is 3.17. The fourth-order valence-corrected chi connectivity index (χ4v) is 3.17. The van der Waals surface area contributed by atoms with E-state index in [2.05, 4.69) is 46.9 Å². The summed E-state index contributed by atoms with van der Waals surface area (Å²) in [7, 11) is 0. The van der Waals surface area contributed by atoms with Crippen LogP contribution < -0.4 is 5.32 Å². The van der Waals surface area contributed by atoms with Crippen LogP contribution in [0.1, 0.15) is 73.6 Å². The van der Waals surface area contributed by atoms with Crippen molar-refractivity contribution in [3.8, 4) is 0 Å². The molecule has 0 aliphatic heterocycles. The third-order valence-corrected chi connectivity index (χ3v) is 4.41. The molecule has 1 aliphatic rings. The molecule has 0 spiro atoms. The summed E-state index contributed by atoms with van der Waals surface area (Å²) in [6.07, 6.45) is 7.19. The molecule has 0 saturated heterocycles. The van der Waals surface area contributed by atoms with Gasteiger partial charge < -0.3 is 5.32 Å². The molecular weight excluding hydrogens is 218 g/mol. The first-order valence-electron chi connectivity index (χ1n) is 8.03. The predicted molar refractivity (Wildman–Crippen MR) is 81.8 cm³/mol. The highest BCUT2D eigenvalue weighted by Crippen LogP contribution is 2.37. The maximum atomic E-state index is 3.72. The van der Waals surface area contributed by atoms with Crippen LogP contribution in [0.25, 0.3) is 0 Å². The van der Waals surface area contributed by atoms with E-state index in [1.165, 1.54) is 38.6 Å². The Hall–Kier alpha value is -0.0400. The first kappa shape index (κ1) is 16.0. The second-order valence-corrected chi connectivity index (χ2v) is 8.04. The molecule has 1 heteroatoms. The van der Waals surface area contributed by atoms with E-state index in [0.29, 0.717) is 0 Å². The van der Waals surface area contributed by atoms with Crippen molar-refractivity contribution in [2.45, 2.75) is 79.2 Å². The van der Waals surface area contributed by atoms with Crippen molar-refractivity contribution in [2.75, 3.05) is 6.54 Å². The molecule has 3 unspecified atom stereocenters. The molecule has 0 aromatic carbocycles. The molecule has 1 saturated carbocycles. The van der Waals surface area contributed by atoms with E-state index in [9.17, 15) is 0 Å². The lowest BCUT2D eigenvalue weighted by Crippen LogP contribution is -2.42. The maximum absolute atomic E-state index is 3.72. The number of hydrogen-bond donors (Lipinski definition) is 1. The average Bonchev–Trinajstić information content (AvgIpc) is 2.23. The Kier molecular flexibility index (Phi) is 6.17. The number of nitrogens with one attached hydrogen (secondary N) is 1. The van der Waals surface area contributed by atoms with Crippen molar-refractivity contribution in [1.29, 1.82) is 0 Å². The fraction of sp³-hybridized carbons (Fsp3) is 1.00. The summed E-state index contributed by atoms with van der Waals surface area (Å²) in [6, 6.07) is 0. The SMILES string of the molecule is CC(C)CCC1CC(C)CCC1CNC(C)(C)C. The highest BCUT2D eigenvalue weighted by molar-refractivity contribution is 4.82. The molecule has 1 rings (SSSR count). The van der Waals surface area contributed by atoms with Crippen LogP contribution in [-0.4, -0.2) is 12.1 Å². The van der Waals surface area contributed by atoms with Crippen molar-refractivity contribution in [3.05, 3.63) is 0 Å². The molecule has 1 nitrogen and oxygen atoms in total. The largest absolute Gasteiger partial charge is 0.312 e. The van der Waals surface area contributed by atoms with Gasteiger partial charge in [-0.3, -0.25) is 0 Å². The lowest BCUT2D eigenvalue weighted by molar-refractivity contribution is 0.159. The summed E-state index contributed by atoms with van der Waals surface area (Å²) in [6.45, 7) is 15.2. The van der Waals surface area contributed by atoms with Gasteiger partial charge in [0.25, 0.3) is 0 Å². The van der Waals surface area contributed by atoms with E-state index >= 15 is 0 Å². The van der Waals surface area contributed by atoms with Crippen molar-refractivity contribution in [3.63, 3.8) is 0 Å². The summed E-state index contributed by atoms with van der Waals surface area (Å²) in [4.78, 5) is 0. The van der Waals surface area contributed by atoms with Gasteiger partial charge in [0.05, 0.1) is 0 Å². The van der Waals surface area contributed by atoms with Crippen LogP contribution in [0, 0.1) is 23.7 Å². The lowest BCUT2D eigenvalue weighted by Gasteiger charge is -2.37. The standard InChI is InChI=1S/C17H35N/c1-13(2)7-9-15-11-14(3)8-10-16(15)12-18-17(4,5)6/h13-16,18H,7-12H2,1-6H3. The van der Waals surface area contributed by atoms with Crippen LogP contribution in [0.15, 0.2) is 0 Å². The molecule has 1 N–H and O–H groups in total. The van der Waals surface area contributed by atoms with Crippen LogP contribution in [0.3, 0.4) is 0 Å². The Bertz CT molecular complexity index is 226. The Morgan fingerprint density at radius 2 is 1.78 bits per heavy atom. The Morgan fingerprint density at radius 1 is 1.11 bits per heavy atom. The minimum atomic E-state index is 0.270. The van der Waals surface area contributed by atoms with Crippen LogP contribution >= 0.6 is 0 Å². The van der Waals surface area contributed by atoms with E-state index in [-0.39, 0.29) is 5.54 Å². The summed E-state index contributed by atoms with van der Waals surface area (Å²) < 4.78 is 0. The first-order valence-corrected chi connectivity index (χ1v) is 8.03. The summed E-state index contributed by atoms with van der Waals surface area (Å²) in [5.74, 6) is 3.69. The minimum absolute atomic E-state index is 0.270. The molecule has 0 heterocycles. The van der Waals surface area contributed by atoms with E-state index in [0.717, 1.165) is 23.7 Å². The third-order valence-electron chi connectivity index (χ3n) is 4.41. The number of rotatable bonds is 5. The van der Waals surface area contributed by atoms with Gasteiger partial charge in [-0.25, -0.2) is 0 Å². The highest BCUT2D eigenvalue weighted by Gasteiger charge is 2.29. The second-order valence-electron chi connectivity index (χ2n) is 8.04. The van der Waals surface area contributed by atoms with Crippen LogP contribution in [-0.2, 0) is 0 Å². The Labute approximate surface area is 115 Å². The van der Waals surface area contributed by atoms with Gasteiger partial charge in [-0.1, -0.05) is 33.6 Å². The zero-order valence-corrected chi connectivity index (χ0v) is 13.6. The van der Waals surface area contributed by atoms with Crippen molar-refractivity contribution < 1.29 is 0 Å². The molecular formula is C17H35N. The highest BCUT2D eigenvalue weighted by atomic mass is 14.9. The second kappa shape index (κ2) is 6.93.